The number of pyridine rings is 1. The molecule has 10 heteroatoms. The molecule has 1 amide bonds. The number of aromatic nitrogens is 3. The van der Waals surface area contributed by atoms with Gasteiger partial charge in [-0.15, -0.1) is 0 Å². The van der Waals surface area contributed by atoms with Gasteiger partial charge in [0.25, 0.3) is 5.91 Å². The normalized spacial score (nSPS) is 10.4. The minimum Gasteiger partial charge on any atom is -0.462 e. The molecule has 3 rings (SSSR count). The first kappa shape index (κ1) is 21.5. The van der Waals surface area contributed by atoms with Crippen molar-refractivity contribution in [2.45, 2.75) is 13.8 Å². The fourth-order valence-electron chi connectivity index (χ4n) is 2.43. The highest BCUT2D eigenvalue weighted by molar-refractivity contribution is 5.95. The number of benzene rings is 1. The molecule has 2 heterocycles. The lowest BCUT2D eigenvalue weighted by molar-refractivity contribution is 0.0459. The molecule has 5 N–H and O–H groups in total. The topological polar surface area (TPSA) is 144 Å². The summed E-state index contributed by atoms with van der Waals surface area (Å²) in [5.41, 5.74) is 13.0. The van der Waals surface area contributed by atoms with Gasteiger partial charge in [0.2, 0.25) is 0 Å². The minimum atomic E-state index is -0.388. The molecule has 31 heavy (non-hydrogen) atoms. The third-order valence-electron chi connectivity index (χ3n) is 4.03. The van der Waals surface area contributed by atoms with Crippen LogP contribution >= 0.6 is 0 Å². The van der Waals surface area contributed by atoms with E-state index in [1.807, 2.05) is 13.8 Å². The molecule has 0 saturated heterocycles. The number of hydrogen-bond donors (Lipinski definition) is 4. The van der Waals surface area contributed by atoms with Crippen molar-refractivity contribution in [1.82, 2.24) is 20.4 Å². The summed E-state index contributed by atoms with van der Waals surface area (Å²) in [6, 6.07) is 10.0. The molecule has 0 radical (unpaired) electrons. The zero-order valence-corrected chi connectivity index (χ0v) is 17.1. The van der Waals surface area contributed by atoms with Crippen molar-refractivity contribution >= 4 is 34.9 Å². The number of nitrogens with two attached hydrogens (primary N) is 1. The molecule has 0 saturated carbocycles. The second kappa shape index (κ2) is 10.0. The number of nitrogens with one attached hydrogen (secondary N) is 3. The van der Waals surface area contributed by atoms with Gasteiger partial charge in [0.15, 0.2) is 11.6 Å². The highest BCUT2D eigenvalue weighted by atomic mass is 16.5. The van der Waals surface area contributed by atoms with E-state index in [0.717, 1.165) is 0 Å². The van der Waals surface area contributed by atoms with Crippen molar-refractivity contribution in [3.63, 3.8) is 0 Å². The number of esters is 1. The van der Waals surface area contributed by atoms with Gasteiger partial charge in [-0.25, -0.2) is 14.8 Å². The molecule has 160 valence electrons. The van der Waals surface area contributed by atoms with Crippen LogP contribution in [0.2, 0.25) is 0 Å². The molecule has 0 bridgehead atoms. The molecule has 0 aliphatic heterocycles. The predicted octanol–water partition coefficient (Wildman–Crippen LogP) is 2.77. The second-order valence-corrected chi connectivity index (χ2v) is 7.00. The lowest BCUT2D eigenvalue weighted by atomic mass is 10.2. The van der Waals surface area contributed by atoms with Gasteiger partial charge in [0.05, 0.1) is 17.7 Å². The van der Waals surface area contributed by atoms with Crippen molar-refractivity contribution in [1.29, 1.82) is 0 Å². The monoisotopic (exact) mass is 421 g/mol. The first-order valence-corrected chi connectivity index (χ1v) is 9.55. The van der Waals surface area contributed by atoms with Crippen LogP contribution in [0.4, 0.5) is 23.0 Å². The van der Waals surface area contributed by atoms with E-state index in [1.165, 1.54) is 12.5 Å². The first-order chi connectivity index (χ1) is 14.9. The van der Waals surface area contributed by atoms with Gasteiger partial charge < -0.3 is 15.8 Å². The summed E-state index contributed by atoms with van der Waals surface area (Å²) in [7, 11) is 0. The van der Waals surface area contributed by atoms with Crippen LogP contribution in [-0.4, -0.2) is 33.4 Å². The Balaban J connectivity index is 1.63. The zero-order chi connectivity index (χ0) is 22.2. The Morgan fingerprint density at radius 1 is 1.06 bits per heavy atom. The number of nitrogen functional groups attached to an aromatic ring is 1. The van der Waals surface area contributed by atoms with Crippen LogP contribution in [0, 0.1) is 5.92 Å². The van der Waals surface area contributed by atoms with Gasteiger partial charge in [0, 0.05) is 18.1 Å². The SMILES string of the molecule is CC(C)COC(=O)c1ccc(Nc2ncnc(NNC(=O)c3cccnc3)c2N)cc1. The summed E-state index contributed by atoms with van der Waals surface area (Å²) in [6.07, 6.45) is 4.32. The highest BCUT2D eigenvalue weighted by Crippen LogP contribution is 2.25. The maximum atomic E-state index is 12.1. The third kappa shape index (κ3) is 5.89. The molecule has 10 nitrogen and oxygen atoms in total. The fraction of sp³-hybridized carbons (Fsp3) is 0.190. The van der Waals surface area contributed by atoms with E-state index in [1.54, 1.807) is 42.6 Å². The van der Waals surface area contributed by atoms with E-state index in [4.69, 9.17) is 10.5 Å². The number of hydrogen-bond acceptors (Lipinski definition) is 9. The number of carbonyl (C=O) groups excluding carboxylic acids is 2. The Hall–Kier alpha value is -4.21. The average molecular weight is 421 g/mol. The smallest absolute Gasteiger partial charge is 0.338 e. The van der Waals surface area contributed by atoms with E-state index in [0.29, 0.717) is 29.2 Å². The van der Waals surface area contributed by atoms with E-state index >= 15 is 0 Å². The Morgan fingerprint density at radius 2 is 1.81 bits per heavy atom. The number of nitrogens with zero attached hydrogens (tertiary/aromatic N) is 3. The van der Waals surface area contributed by atoms with Crippen molar-refractivity contribution in [3.8, 4) is 0 Å². The lowest BCUT2D eigenvalue weighted by Crippen LogP contribution is -2.30. The van der Waals surface area contributed by atoms with E-state index in [9.17, 15) is 9.59 Å². The van der Waals surface area contributed by atoms with Crippen LogP contribution in [0.3, 0.4) is 0 Å². The van der Waals surface area contributed by atoms with Crippen molar-refractivity contribution in [3.05, 3.63) is 66.2 Å². The van der Waals surface area contributed by atoms with Crippen LogP contribution in [0.25, 0.3) is 0 Å². The molecule has 0 unspecified atom stereocenters. The first-order valence-electron chi connectivity index (χ1n) is 9.55. The van der Waals surface area contributed by atoms with E-state index < -0.39 is 0 Å². The zero-order valence-electron chi connectivity index (χ0n) is 17.1. The quantitative estimate of drug-likeness (QED) is 0.319. The van der Waals surface area contributed by atoms with E-state index in [-0.39, 0.29) is 29.3 Å². The molecule has 3 aromatic rings. The summed E-state index contributed by atoms with van der Waals surface area (Å²) in [4.78, 5) is 36.2. The number of anilines is 4. The average Bonchev–Trinajstić information content (AvgIpc) is 2.79. The summed E-state index contributed by atoms with van der Waals surface area (Å²) in [6.45, 7) is 4.31. The third-order valence-corrected chi connectivity index (χ3v) is 4.03. The summed E-state index contributed by atoms with van der Waals surface area (Å²) >= 11 is 0. The maximum absolute atomic E-state index is 12.1. The summed E-state index contributed by atoms with van der Waals surface area (Å²) in [5, 5.41) is 3.06. The second-order valence-electron chi connectivity index (χ2n) is 7.00. The molecule has 1 aromatic carbocycles. The largest absolute Gasteiger partial charge is 0.462 e. The van der Waals surface area contributed by atoms with Gasteiger partial charge in [-0.1, -0.05) is 13.8 Å². The van der Waals surface area contributed by atoms with Crippen LogP contribution in [-0.2, 0) is 4.74 Å². The molecule has 0 spiro atoms. The van der Waals surface area contributed by atoms with Crippen LogP contribution in [0.5, 0.6) is 0 Å². The molecule has 2 aromatic heterocycles. The number of carbonyl (C=O) groups is 2. The fourth-order valence-corrected chi connectivity index (χ4v) is 2.43. The van der Waals surface area contributed by atoms with Gasteiger partial charge >= 0.3 is 5.97 Å². The number of rotatable bonds is 8. The van der Waals surface area contributed by atoms with Crippen LogP contribution in [0.1, 0.15) is 34.6 Å². The molecule has 0 atom stereocenters. The van der Waals surface area contributed by atoms with Crippen molar-refractivity contribution in [2.75, 3.05) is 23.1 Å². The summed E-state index contributed by atoms with van der Waals surface area (Å²) < 4.78 is 5.21. The standard InChI is InChI=1S/C21H23N7O3/c1-13(2)11-31-21(30)14-5-7-16(8-6-14)26-18-17(22)19(25-12-24-18)27-28-20(29)15-4-3-9-23-10-15/h3-10,12-13H,11,22H2,1-2H3,(H,28,29)(H2,24,25,26,27). The molecule has 0 aliphatic carbocycles. The van der Waals surface area contributed by atoms with Crippen molar-refractivity contribution in [2.24, 2.45) is 5.92 Å². The van der Waals surface area contributed by atoms with Crippen LogP contribution < -0.4 is 21.9 Å². The summed E-state index contributed by atoms with van der Waals surface area (Å²) in [5.74, 6) is 0.0627. The Labute approximate surface area is 179 Å². The molecule has 0 fully saturated rings. The Kier molecular flexibility index (Phi) is 6.94. The van der Waals surface area contributed by atoms with E-state index in [2.05, 4.69) is 31.1 Å². The highest BCUT2D eigenvalue weighted by Gasteiger charge is 2.12. The van der Waals surface area contributed by atoms with Crippen molar-refractivity contribution < 1.29 is 14.3 Å². The number of amides is 1. The van der Waals surface area contributed by atoms with Gasteiger partial charge in [-0.05, 0) is 42.3 Å². The lowest BCUT2D eigenvalue weighted by Gasteiger charge is -2.13. The number of hydrazine groups is 1. The van der Waals surface area contributed by atoms with Crippen LogP contribution in [0.15, 0.2) is 55.1 Å². The van der Waals surface area contributed by atoms with Gasteiger partial charge in [0.1, 0.15) is 12.0 Å². The Bertz CT molecular complexity index is 1040. The van der Waals surface area contributed by atoms with Gasteiger partial charge in [-0.3, -0.25) is 20.6 Å². The number of ether oxygens (including phenoxy) is 1. The Morgan fingerprint density at radius 3 is 2.48 bits per heavy atom. The molecular formula is C21H23N7O3. The predicted molar refractivity (Wildman–Crippen MR) is 117 cm³/mol. The van der Waals surface area contributed by atoms with Gasteiger partial charge in [-0.2, -0.15) is 0 Å². The molecule has 0 aliphatic rings. The molecular weight excluding hydrogens is 398 g/mol. The maximum Gasteiger partial charge on any atom is 0.338 e. The minimum absolute atomic E-state index is 0.203.